The fraction of sp³-hybridized carbons (Fsp3) is 0.500. The highest BCUT2D eigenvalue weighted by Gasteiger charge is 2.13. The molecule has 0 heterocycles. The second kappa shape index (κ2) is 6.96. The molecule has 94 valence electrons. The zero-order valence-electron chi connectivity index (χ0n) is 9.86. The third-order valence-corrected chi connectivity index (χ3v) is 2.55. The van der Waals surface area contributed by atoms with E-state index in [1.807, 2.05) is 13.0 Å². The van der Waals surface area contributed by atoms with Crippen molar-refractivity contribution in [2.75, 3.05) is 13.2 Å². The maximum Gasteiger partial charge on any atom is 0.269 e. The molecule has 1 atom stereocenters. The Balaban J connectivity index is 2.84. The number of hydrogen-bond donors (Lipinski definition) is 1. The summed E-state index contributed by atoms with van der Waals surface area (Å²) in [4.78, 5) is 10.3. The van der Waals surface area contributed by atoms with Crippen LogP contribution in [0.15, 0.2) is 24.3 Å². The third-order valence-electron chi connectivity index (χ3n) is 2.55. The second-order valence-electron chi connectivity index (χ2n) is 3.84. The minimum atomic E-state index is -0.435. The zero-order valence-corrected chi connectivity index (χ0v) is 9.86. The first-order chi connectivity index (χ1) is 8.19. The van der Waals surface area contributed by atoms with Gasteiger partial charge in [0.2, 0.25) is 0 Å². The number of benzene rings is 1. The lowest BCUT2D eigenvalue weighted by atomic mass is 10.0. The maximum atomic E-state index is 12.1. The van der Waals surface area contributed by atoms with E-state index in [0.29, 0.717) is 0 Å². The molecule has 0 aliphatic carbocycles. The van der Waals surface area contributed by atoms with Crippen LogP contribution in [0.4, 0.5) is 10.1 Å². The molecule has 17 heavy (non-hydrogen) atoms. The van der Waals surface area contributed by atoms with Crippen LogP contribution in [0.5, 0.6) is 0 Å². The summed E-state index contributed by atoms with van der Waals surface area (Å²) in [6.07, 6.45) is 1.77. The van der Waals surface area contributed by atoms with E-state index < -0.39 is 11.6 Å². The van der Waals surface area contributed by atoms with E-state index >= 15 is 0 Å². The lowest BCUT2D eigenvalue weighted by Gasteiger charge is -2.17. The van der Waals surface area contributed by atoms with E-state index in [2.05, 4.69) is 5.32 Å². The van der Waals surface area contributed by atoms with Crippen LogP contribution in [0.3, 0.4) is 0 Å². The number of hydrogen-bond acceptors (Lipinski definition) is 3. The largest absolute Gasteiger partial charge is 0.307 e. The van der Waals surface area contributed by atoms with Crippen molar-refractivity contribution in [2.45, 2.75) is 25.8 Å². The molecule has 0 saturated heterocycles. The Labute approximate surface area is 100.0 Å². The van der Waals surface area contributed by atoms with Crippen molar-refractivity contribution in [1.82, 2.24) is 5.32 Å². The van der Waals surface area contributed by atoms with Crippen molar-refractivity contribution in [3.63, 3.8) is 0 Å². The standard InChI is InChI=1S/C12H17FN2O2/c1-2-4-12(14-8-7-13)10-5-3-6-11(9-10)15(16)17/h3,5-6,9,12,14H,2,4,7-8H2,1H3. The first-order valence-electron chi connectivity index (χ1n) is 5.72. The predicted octanol–water partition coefficient (Wildman–Crippen LogP) is 3.00. The normalized spacial score (nSPS) is 12.4. The first-order valence-corrected chi connectivity index (χ1v) is 5.72. The molecule has 4 nitrogen and oxygen atoms in total. The summed E-state index contributed by atoms with van der Waals surface area (Å²) < 4.78 is 12.1. The number of rotatable bonds is 7. The Kier molecular flexibility index (Phi) is 5.56. The van der Waals surface area contributed by atoms with Gasteiger partial charge in [0, 0.05) is 24.7 Å². The van der Waals surface area contributed by atoms with E-state index in [0.717, 1.165) is 18.4 Å². The van der Waals surface area contributed by atoms with Crippen LogP contribution in [0.25, 0.3) is 0 Å². The van der Waals surface area contributed by atoms with Crippen LogP contribution in [-0.4, -0.2) is 18.1 Å². The van der Waals surface area contributed by atoms with Gasteiger partial charge < -0.3 is 5.32 Å². The molecule has 5 heteroatoms. The molecule has 0 bridgehead atoms. The Morgan fingerprint density at radius 2 is 2.29 bits per heavy atom. The molecule has 0 spiro atoms. The van der Waals surface area contributed by atoms with Crippen molar-refractivity contribution in [3.8, 4) is 0 Å². The molecule has 0 saturated carbocycles. The minimum Gasteiger partial charge on any atom is -0.307 e. The van der Waals surface area contributed by atoms with Gasteiger partial charge in [-0.25, -0.2) is 4.39 Å². The van der Waals surface area contributed by atoms with Gasteiger partial charge in [-0.3, -0.25) is 10.1 Å². The van der Waals surface area contributed by atoms with Crippen LogP contribution in [-0.2, 0) is 0 Å². The van der Waals surface area contributed by atoms with Gasteiger partial charge in [0.1, 0.15) is 6.67 Å². The molecule has 1 rings (SSSR count). The molecule has 0 amide bonds. The summed E-state index contributed by atoms with van der Waals surface area (Å²) in [6, 6.07) is 6.48. The van der Waals surface area contributed by atoms with Gasteiger partial charge >= 0.3 is 0 Å². The average Bonchev–Trinajstić information content (AvgIpc) is 2.34. The Hall–Kier alpha value is -1.49. The third kappa shape index (κ3) is 4.11. The van der Waals surface area contributed by atoms with E-state index in [9.17, 15) is 14.5 Å². The molecule has 0 fully saturated rings. The van der Waals surface area contributed by atoms with E-state index in [1.165, 1.54) is 6.07 Å². The van der Waals surface area contributed by atoms with Crippen molar-refractivity contribution in [2.24, 2.45) is 0 Å². The fourth-order valence-electron chi connectivity index (χ4n) is 1.76. The van der Waals surface area contributed by atoms with Gasteiger partial charge in [0.05, 0.1) is 4.92 Å². The molecule has 0 aliphatic rings. The summed E-state index contributed by atoms with van der Waals surface area (Å²) >= 11 is 0. The SMILES string of the molecule is CCCC(NCCF)c1cccc([N+](=O)[O-])c1. The summed E-state index contributed by atoms with van der Waals surface area (Å²) in [5.74, 6) is 0. The monoisotopic (exact) mass is 240 g/mol. The Bertz CT molecular complexity index is 371. The average molecular weight is 240 g/mol. The summed E-state index contributed by atoms with van der Waals surface area (Å²) in [6.45, 7) is 1.87. The van der Waals surface area contributed by atoms with Crippen molar-refractivity contribution in [1.29, 1.82) is 0 Å². The smallest absolute Gasteiger partial charge is 0.269 e. The number of alkyl halides is 1. The molecular formula is C12H17FN2O2. The zero-order chi connectivity index (χ0) is 12.7. The van der Waals surface area contributed by atoms with E-state index in [1.54, 1.807) is 12.1 Å². The van der Waals surface area contributed by atoms with Gasteiger partial charge in [-0.05, 0) is 12.0 Å². The molecule has 0 radical (unpaired) electrons. The lowest BCUT2D eigenvalue weighted by Crippen LogP contribution is -2.23. The second-order valence-corrected chi connectivity index (χ2v) is 3.84. The number of nitrogens with zero attached hydrogens (tertiary/aromatic N) is 1. The lowest BCUT2D eigenvalue weighted by molar-refractivity contribution is -0.384. The van der Waals surface area contributed by atoms with Gasteiger partial charge in [-0.1, -0.05) is 25.5 Å². The van der Waals surface area contributed by atoms with Crippen LogP contribution in [0, 0.1) is 10.1 Å². The van der Waals surface area contributed by atoms with Crippen LogP contribution < -0.4 is 5.32 Å². The van der Waals surface area contributed by atoms with Crippen LogP contribution in [0.1, 0.15) is 31.4 Å². The Morgan fingerprint density at radius 1 is 1.53 bits per heavy atom. The van der Waals surface area contributed by atoms with E-state index in [4.69, 9.17) is 0 Å². The minimum absolute atomic E-state index is 0.0179. The Morgan fingerprint density at radius 3 is 2.88 bits per heavy atom. The van der Waals surface area contributed by atoms with Gasteiger partial charge in [-0.2, -0.15) is 0 Å². The molecule has 1 aromatic rings. The molecule has 1 N–H and O–H groups in total. The van der Waals surface area contributed by atoms with Crippen molar-refractivity contribution in [3.05, 3.63) is 39.9 Å². The number of nitro benzene ring substituents is 1. The van der Waals surface area contributed by atoms with Crippen LogP contribution in [0.2, 0.25) is 0 Å². The quantitative estimate of drug-likeness (QED) is 0.588. The molecule has 1 aromatic carbocycles. The predicted molar refractivity (Wildman–Crippen MR) is 64.7 cm³/mol. The molecule has 0 aliphatic heterocycles. The summed E-state index contributed by atoms with van der Waals surface area (Å²) in [5.41, 5.74) is 0.917. The maximum absolute atomic E-state index is 12.1. The van der Waals surface area contributed by atoms with Gasteiger partial charge in [0.25, 0.3) is 5.69 Å². The van der Waals surface area contributed by atoms with E-state index in [-0.39, 0.29) is 18.3 Å². The number of nitrogens with one attached hydrogen (secondary N) is 1. The topological polar surface area (TPSA) is 55.2 Å². The first kappa shape index (κ1) is 13.6. The summed E-state index contributed by atoms with van der Waals surface area (Å²) in [7, 11) is 0. The summed E-state index contributed by atoms with van der Waals surface area (Å²) in [5, 5.41) is 13.7. The van der Waals surface area contributed by atoms with Crippen LogP contribution >= 0.6 is 0 Å². The number of non-ortho nitro benzene ring substituents is 1. The van der Waals surface area contributed by atoms with Crippen molar-refractivity contribution >= 4 is 5.69 Å². The highest BCUT2D eigenvalue weighted by Crippen LogP contribution is 2.22. The fourth-order valence-corrected chi connectivity index (χ4v) is 1.76. The van der Waals surface area contributed by atoms with Gasteiger partial charge in [0.15, 0.2) is 0 Å². The number of halogens is 1. The molecule has 0 aromatic heterocycles. The molecular weight excluding hydrogens is 223 g/mol. The number of nitro groups is 1. The highest BCUT2D eigenvalue weighted by molar-refractivity contribution is 5.35. The highest BCUT2D eigenvalue weighted by atomic mass is 19.1. The van der Waals surface area contributed by atoms with Gasteiger partial charge in [-0.15, -0.1) is 0 Å². The molecule has 1 unspecified atom stereocenters. The van der Waals surface area contributed by atoms with Crippen molar-refractivity contribution < 1.29 is 9.31 Å².